The lowest BCUT2D eigenvalue weighted by Crippen LogP contribution is -2.30. The fraction of sp³-hybridized carbons (Fsp3) is 0.0714. The average molecular weight is 453 g/mol. The molecule has 0 spiro atoms. The molecular formula is C28H24N2O4. The summed E-state index contributed by atoms with van der Waals surface area (Å²) in [6.45, 7) is -0.170. The van der Waals surface area contributed by atoms with Gasteiger partial charge in [0, 0.05) is 0 Å². The lowest BCUT2D eigenvalue weighted by atomic mass is 10.2. The Morgan fingerprint density at radius 1 is 0.441 bits per heavy atom. The van der Waals surface area contributed by atoms with Crippen LogP contribution in [0.1, 0.15) is 0 Å². The van der Waals surface area contributed by atoms with Crippen LogP contribution in [0.4, 0.5) is 32.3 Å². The van der Waals surface area contributed by atoms with E-state index in [-0.39, 0.29) is 13.2 Å². The number of carbonyl (C=O) groups is 2. The maximum absolute atomic E-state index is 12.9. The zero-order valence-electron chi connectivity index (χ0n) is 18.5. The Bertz CT molecular complexity index is 1010. The number of carbonyl (C=O) groups excluding carboxylic acids is 2. The van der Waals surface area contributed by atoms with Crippen molar-refractivity contribution in [1.29, 1.82) is 0 Å². The van der Waals surface area contributed by atoms with Crippen molar-refractivity contribution in [3.8, 4) is 0 Å². The highest BCUT2D eigenvalue weighted by Gasteiger charge is 2.21. The van der Waals surface area contributed by atoms with Crippen molar-refractivity contribution in [2.24, 2.45) is 0 Å². The minimum atomic E-state index is -0.559. The highest BCUT2D eigenvalue weighted by Crippen LogP contribution is 2.27. The number of hydrogen-bond donors (Lipinski definition) is 0. The Morgan fingerprint density at radius 3 is 0.912 bits per heavy atom. The fourth-order valence-electron chi connectivity index (χ4n) is 3.42. The Morgan fingerprint density at radius 2 is 0.676 bits per heavy atom. The molecule has 2 amide bonds. The third-order valence-corrected chi connectivity index (χ3v) is 4.96. The highest BCUT2D eigenvalue weighted by molar-refractivity contribution is 5.96. The lowest BCUT2D eigenvalue weighted by molar-refractivity contribution is 0.105. The van der Waals surface area contributed by atoms with Crippen LogP contribution in [0.25, 0.3) is 0 Å². The molecule has 6 nitrogen and oxygen atoms in total. The summed E-state index contributed by atoms with van der Waals surface area (Å²) in [5.74, 6) is 0. The van der Waals surface area contributed by atoms with Gasteiger partial charge < -0.3 is 9.47 Å². The van der Waals surface area contributed by atoms with Gasteiger partial charge in [-0.3, -0.25) is 0 Å². The summed E-state index contributed by atoms with van der Waals surface area (Å²) in [5, 5.41) is 0. The SMILES string of the molecule is O=C(OCCOC(=O)N(c1ccccc1)c1ccccc1)N(c1ccccc1)c1ccccc1. The predicted octanol–water partition coefficient (Wildman–Crippen LogP) is 6.94. The topological polar surface area (TPSA) is 59.1 Å². The van der Waals surface area contributed by atoms with Crippen molar-refractivity contribution in [2.45, 2.75) is 0 Å². The zero-order valence-corrected chi connectivity index (χ0v) is 18.5. The zero-order chi connectivity index (χ0) is 23.6. The van der Waals surface area contributed by atoms with Gasteiger partial charge in [-0.15, -0.1) is 0 Å². The molecule has 4 rings (SSSR count). The maximum Gasteiger partial charge on any atom is 0.419 e. The van der Waals surface area contributed by atoms with E-state index in [2.05, 4.69) is 0 Å². The van der Waals surface area contributed by atoms with Crippen LogP contribution in [0.2, 0.25) is 0 Å². The van der Waals surface area contributed by atoms with E-state index in [9.17, 15) is 9.59 Å². The van der Waals surface area contributed by atoms with Gasteiger partial charge in [0.2, 0.25) is 0 Å². The van der Waals surface area contributed by atoms with Gasteiger partial charge in [0.15, 0.2) is 0 Å². The fourth-order valence-corrected chi connectivity index (χ4v) is 3.42. The summed E-state index contributed by atoms with van der Waals surface area (Å²) in [7, 11) is 0. The van der Waals surface area contributed by atoms with Crippen LogP contribution in [0.15, 0.2) is 121 Å². The van der Waals surface area contributed by atoms with Crippen molar-refractivity contribution >= 4 is 34.9 Å². The van der Waals surface area contributed by atoms with Gasteiger partial charge in [0.1, 0.15) is 13.2 Å². The number of anilines is 4. The maximum atomic E-state index is 12.9. The molecular weight excluding hydrogens is 428 g/mol. The molecule has 0 saturated heterocycles. The molecule has 0 aromatic heterocycles. The number of para-hydroxylation sites is 4. The van der Waals surface area contributed by atoms with E-state index in [1.165, 1.54) is 9.80 Å². The molecule has 0 aliphatic heterocycles. The Kier molecular flexibility index (Phi) is 7.54. The minimum absolute atomic E-state index is 0.0852. The van der Waals surface area contributed by atoms with Gasteiger partial charge in [-0.25, -0.2) is 19.4 Å². The first-order chi connectivity index (χ1) is 16.7. The first-order valence-electron chi connectivity index (χ1n) is 10.9. The van der Waals surface area contributed by atoms with Gasteiger partial charge in [0.25, 0.3) is 0 Å². The normalized spacial score (nSPS) is 10.2. The molecule has 34 heavy (non-hydrogen) atoms. The number of amides is 2. The molecule has 0 aliphatic rings. The molecule has 0 radical (unpaired) electrons. The van der Waals surface area contributed by atoms with Crippen LogP contribution in [-0.2, 0) is 9.47 Å². The smallest absolute Gasteiger partial charge is 0.419 e. The van der Waals surface area contributed by atoms with E-state index in [1.807, 2.05) is 121 Å². The Balaban J connectivity index is 1.40. The van der Waals surface area contributed by atoms with Crippen molar-refractivity contribution in [1.82, 2.24) is 0 Å². The number of rotatable bonds is 7. The molecule has 0 heterocycles. The van der Waals surface area contributed by atoms with Crippen molar-refractivity contribution in [3.63, 3.8) is 0 Å². The molecule has 0 saturated carbocycles. The first-order valence-corrected chi connectivity index (χ1v) is 10.9. The highest BCUT2D eigenvalue weighted by atomic mass is 16.6. The molecule has 0 unspecified atom stereocenters. The third-order valence-electron chi connectivity index (χ3n) is 4.96. The number of hydrogen-bond acceptors (Lipinski definition) is 4. The van der Waals surface area contributed by atoms with Gasteiger partial charge in [-0.05, 0) is 48.5 Å². The third kappa shape index (κ3) is 5.61. The second-order valence-corrected chi connectivity index (χ2v) is 7.24. The van der Waals surface area contributed by atoms with Gasteiger partial charge in [0.05, 0.1) is 22.7 Å². The number of nitrogens with zero attached hydrogens (tertiary/aromatic N) is 2. The van der Waals surface area contributed by atoms with Crippen LogP contribution >= 0.6 is 0 Å². The van der Waals surface area contributed by atoms with E-state index in [0.29, 0.717) is 22.7 Å². The van der Waals surface area contributed by atoms with Crippen LogP contribution in [0.3, 0.4) is 0 Å². The summed E-state index contributed by atoms with van der Waals surface area (Å²) in [6.07, 6.45) is -1.12. The van der Waals surface area contributed by atoms with Gasteiger partial charge in [-0.1, -0.05) is 72.8 Å². The monoisotopic (exact) mass is 452 g/mol. The Labute approximate surface area is 198 Å². The summed E-state index contributed by atoms with van der Waals surface area (Å²) >= 11 is 0. The summed E-state index contributed by atoms with van der Waals surface area (Å²) in [6, 6.07) is 36.9. The molecule has 0 aliphatic carbocycles. The van der Waals surface area contributed by atoms with Crippen LogP contribution in [0, 0.1) is 0 Å². The molecule has 0 fully saturated rings. The molecule has 4 aromatic carbocycles. The van der Waals surface area contributed by atoms with E-state index in [4.69, 9.17) is 9.47 Å². The quantitative estimate of drug-likeness (QED) is 0.285. The number of ether oxygens (including phenoxy) is 2. The summed E-state index contributed by atoms with van der Waals surface area (Å²) < 4.78 is 10.9. The first kappa shape index (κ1) is 22.6. The molecule has 4 aromatic rings. The molecule has 170 valence electrons. The largest absolute Gasteiger partial charge is 0.445 e. The van der Waals surface area contributed by atoms with E-state index < -0.39 is 12.2 Å². The number of benzene rings is 4. The van der Waals surface area contributed by atoms with Crippen molar-refractivity contribution < 1.29 is 19.1 Å². The van der Waals surface area contributed by atoms with Crippen LogP contribution in [-0.4, -0.2) is 25.4 Å². The molecule has 0 N–H and O–H groups in total. The predicted molar refractivity (Wildman–Crippen MR) is 133 cm³/mol. The lowest BCUT2D eigenvalue weighted by Gasteiger charge is -2.23. The van der Waals surface area contributed by atoms with Crippen molar-refractivity contribution in [3.05, 3.63) is 121 Å². The molecule has 0 atom stereocenters. The molecule has 0 bridgehead atoms. The van der Waals surface area contributed by atoms with Crippen LogP contribution < -0.4 is 9.80 Å². The molecule has 6 heteroatoms. The van der Waals surface area contributed by atoms with Crippen LogP contribution in [0.5, 0.6) is 0 Å². The van der Waals surface area contributed by atoms with E-state index in [1.54, 1.807) is 0 Å². The summed E-state index contributed by atoms with van der Waals surface area (Å²) in [4.78, 5) is 28.8. The van der Waals surface area contributed by atoms with Gasteiger partial charge in [-0.2, -0.15) is 0 Å². The van der Waals surface area contributed by atoms with E-state index >= 15 is 0 Å². The minimum Gasteiger partial charge on any atom is -0.445 e. The standard InChI is InChI=1S/C28H24N2O4/c31-27(29(23-13-5-1-6-14-23)24-15-7-2-8-16-24)33-21-22-34-28(32)30(25-17-9-3-10-18-25)26-19-11-4-12-20-26/h1-20H,21-22H2. The van der Waals surface area contributed by atoms with E-state index in [0.717, 1.165) is 0 Å². The Hall–Kier alpha value is -4.58. The summed E-state index contributed by atoms with van der Waals surface area (Å²) in [5.41, 5.74) is 2.70. The second kappa shape index (κ2) is 11.3. The van der Waals surface area contributed by atoms with Gasteiger partial charge >= 0.3 is 12.2 Å². The average Bonchev–Trinajstić information content (AvgIpc) is 2.89. The van der Waals surface area contributed by atoms with Crippen molar-refractivity contribution in [2.75, 3.05) is 23.0 Å². The second-order valence-electron chi connectivity index (χ2n) is 7.24.